The first-order valence-corrected chi connectivity index (χ1v) is 5.36. The summed E-state index contributed by atoms with van der Waals surface area (Å²) in [5, 5.41) is 16.1. The number of aromatic nitrogens is 2. The fourth-order valence-corrected chi connectivity index (χ4v) is 2.58. The molecule has 82 valence electrons. The lowest BCUT2D eigenvalue weighted by Crippen LogP contribution is -2.28. The number of nitrogens with zero attached hydrogens (tertiary/aromatic N) is 1. The molecule has 1 aliphatic rings. The highest BCUT2D eigenvalue weighted by Gasteiger charge is 2.35. The van der Waals surface area contributed by atoms with Crippen molar-refractivity contribution in [1.29, 1.82) is 0 Å². The minimum atomic E-state index is -0.721. The number of aromatic amines is 1. The number of hydrogen-bond acceptors (Lipinski definition) is 2. The Morgan fingerprint density at radius 1 is 1.73 bits per heavy atom. The Kier molecular flexibility index (Phi) is 2.50. The van der Waals surface area contributed by atoms with Crippen molar-refractivity contribution in [3.8, 4) is 0 Å². The molecule has 2 N–H and O–H groups in total. The zero-order valence-corrected chi connectivity index (χ0v) is 9.03. The van der Waals surface area contributed by atoms with Crippen molar-refractivity contribution in [2.75, 3.05) is 0 Å². The highest BCUT2D eigenvalue weighted by atomic mass is 16.4. The maximum Gasteiger partial charge on any atom is 0.306 e. The lowest BCUT2D eigenvalue weighted by atomic mass is 9.72. The number of carboxylic acids is 1. The van der Waals surface area contributed by atoms with Gasteiger partial charge in [-0.2, -0.15) is 5.10 Å². The van der Waals surface area contributed by atoms with Crippen molar-refractivity contribution < 1.29 is 9.90 Å². The van der Waals surface area contributed by atoms with E-state index in [0.29, 0.717) is 5.92 Å². The van der Waals surface area contributed by atoms with E-state index in [1.54, 1.807) is 13.1 Å². The minimum absolute atomic E-state index is 0.102. The van der Waals surface area contributed by atoms with Crippen LogP contribution in [-0.4, -0.2) is 21.3 Å². The summed E-state index contributed by atoms with van der Waals surface area (Å²) in [6.07, 6.45) is 3.81. The van der Waals surface area contributed by atoms with E-state index in [9.17, 15) is 4.79 Å². The number of H-pyrrole nitrogens is 1. The van der Waals surface area contributed by atoms with E-state index >= 15 is 0 Å². The molecule has 2 rings (SSSR count). The largest absolute Gasteiger partial charge is 0.481 e. The number of carbonyl (C=O) groups is 1. The second kappa shape index (κ2) is 3.68. The molecule has 0 fully saturated rings. The topological polar surface area (TPSA) is 66.0 Å². The molecule has 0 aliphatic heterocycles. The van der Waals surface area contributed by atoms with Crippen LogP contribution in [0.15, 0.2) is 6.20 Å². The number of fused-ring (bicyclic) bond motifs is 1. The van der Waals surface area contributed by atoms with Crippen molar-refractivity contribution in [1.82, 2.24) is 10.2 Å². The summed E-state index contributed by atoms with van der Waals surface area (Å²) in [6.45, 7) is 3.91. The average Bonchev–Trinajstić information content (AvgIpc) is 2.64. The van der Waals surface area contributed by atoms with Gasteiger partial charge in [0.05, 0.1) is 12.1 Å². The highest BCUT2D eigenvalue weighted by Crippen LogP contribution is 2.40. The van der Waals surface area contributed by atoms with Crippen LogP contribution in [0.2, 0.25) is 0 Å². The Hall–Kier alpha value is -1.32. The van der Waals surface area contributed by atoms with Crippen molar-refractivity contribution in [3.63, 3.8) is 0 Å². The van der Waals surface area contributed by atoms with Crippen LogP contribution in [0.25, 0.3) is 0 Å². The molecule has 1 aromatic rings. The van der Waals surface area contributed by atoms with Gasteiger partial charge < -0.3 is 5.11 Å². The zero-order chi connectivity index (χ0) is 11.0. The third-order valence-electron chi connectivity index (χ3n) is 3.50. The maximum absolute atomic E-state index is 11.0. The lowest BCUT2D eigenvalue weighted by molar-refractivity contribution is -0.142. The quantitative estimate of drug-likeness (QED) is 0.778. The van der Waals surface area contributed by atoms with Gasteiger partial charge in [-0.3, -0.25) is 9.89 Å². The Bertz CT molecular complexity index is 372. The first-order valence-electron chi connectivity index (χ1n) is 5.36. The lowest BCUT2D eigenvalue weighted by Gasteiger charge is -2.31. The average molecular weight is 208 g/mol. The maximum atomic E-state index is 11.0. The van der Waals surface area contributed by atoms with E-state index in [-0.39, 0.29) is 11.8 Å². The predicted molar refractivity (Wildman–Crippen MR) is 55.6 cm³/mol. The van der Waals surface area contributed by atoms with Gasteiger partial charge in [-0.05, 0) is 24.3 Å². The van der Waals surface area contributed by atoms with Crippen molar-refractivity contribution in [2.24, 2.45) is 11.8 Å². The third-order valence-corrected chi connectivity index (χ3v) is 3.50. The summed E-state index contributed by atoms with van der Waals surface area (Å²) < 4.78 is 0. The van der Waals surface area contributed by atoms with Crippen molar-refractivity contribution >= 4 is 5.97 Å². The summed E-state index contributed by atoms with van der Waals surface area (Å²) in [5.41, 5.74) is 2.22. The van der Waals surface area contributed by atoms with Gasteiger partial charge in [0, 0.05) is 11.6 Å². The Morgan fingerprint density at radius 2 is 2.47 bits per heavy atom. The van der Waals surface area contributed by atoms with Gasteiger partial charge in [-0.1, -0.05) is 13.8 Å². The molecule has 3 unspecified atom stereocenters. The smallest absolute Gasteiger partial charge is 0.306 e. The number of nitrogens with one attached hydrogen (secondary N) is 1. The van der Waals surface area contributed by atoms with Crippen LogP contribution in [0.3, 0.4) is 0 Å². The number of aryl methyl sites for hydroxylation is 1. The van der Waals surface area contributed by atoms with Gasteiger partial charge >= 0.3 is 5.97 Å². The van der Waals surface area contributed by atoms with E-state index in [1.165, 1.54) is 0 Å². The minimum Gasteiger partial charge on any atom is -0.481 e. The molecule has 4 heteroatoms. The van der Waals surface area contributed by atoms with Crippen LogP contribution in [0.5, 0.6) is 0 Å². The number of rotatable bonds is 2. The first-order chi connectivity index (χ1) is 7.11. The molecule has 0 saturated carbocycles. The molecule has 0 saturated heterocycles. The number of carboxylic acid groups (broad SMARTS) is 1. The Labute approximate surface area is 88.7 Å². The van der Waals surface area contributed by atoms with Crippen molar-refractivity contribution in [2.45, 2.75) is 32.6 Å². The molecule has 1 aliphatic carbocycles. The Balaban J connectivity index is 2.35. The predicted octanol–water partition coefficient (Wildman–Crippen LogP) is 1.80. The van der Waals surface area contributed by atoms with Gasteiger partial charge in [0.15, 0.2) is 0 Å². The molecule has 0 aromatic carbocycles. The van der Waals surface area contributed by atoms with E-state index in [2.05, 4.69) is 17.1 Å². The molecular formula is C11H16N2O2. The first kappa shape index (κ1) is 10.2. The second-order valence-electron chi connectivity index (χ2n) is 4.47. The van der Waals surface area contributed by atoms with Crippen LogP contribution in [0, 0.1) is 11.8 Å². The van der Waals surface area contributed by atoms with Gasteiger partial charge in [-0.15, -0.1) is 0 Å². The number of hydrogen-bond donors (Lipinski definition) is 2. The molecular weight excluding hydrogens is 192 g/mol. The summed E-state index contributed by atoms with van der Waals surface area (Å²) in [6, 6.07) is 0. The zero-order valence-electron chi connectivity index (χ0n) is 9.03. The van der Waals surface area contributed by atoms with E-state index in [1.807, 2.05) is 0 Å². The monoisotopic (exact) mass is 208 g/mol. The fourth-order valence-electron chi connectivity index (χ4n) is 2.58. The van der Waals surface area contributed by atoms with E-state index in [4.69, 9.17) is 5.11 Å². The summed E-state index contributed by atoms with van der Waals surface area (Å²) >= 11 is 0. The molecule has 0 radical (unpaired) electrons. The van der Waals surface area contributed by atoms with Crippen LogP contribution in [0.4, 0.5) is 0 Å². The van der Waals surface area contributed by atoms with E-state index in [0.717, 1.165) is 24.1 Å². The third kappa shape index (κ3) is 1.64. The molecule has 15 heavy (non-hydrogen) atoms. The molecule has 1 heterocycles. The molecule has 3 atom stereocenters. The summed E-state index contributed by atoms with van der Waals surface area (Å²) in [5.74, 6) is -0.538. The van der Waals surface area contributed by atoms with Crippen LogP contribution >= 0.6 is 0 Å². The molecule has 1 aromatic heterocycles. The van der Waals surface area contributed by atoms with E-state index < -0.39 is 5.97 Å². The van der Waals surface area contributed by atoms with Crippen molar-refractivity contribution in [3.05, 3.63) is 17.5 Å². The molecule has 4 nitrogen and oxygen atoms in total. The fraction of sp³-hybridized carbons (Fsp3) is 0.636. The molecule has 0 bridgehead atoms. The summed E-state index contributed by atoms with van der Waals surface area (Å²) in [4.78, 5) is 11.0. The Morgan fingerprint density at radius 3 is 3.13 bits per heavy atom. The molecule has 0 spiro atoms. The highest BCUT2D eigenvalue weighted by molar-refractivity contribution is 5.71. The van der Waals surface area contributed by atoms with Crippen LogP contribution in [-0.2, 0) is 11.2 Å². The number of aliphatic carboxylic acids is 1. The van der Waals surface area contributed by atoms with Crippen LogP contribution in [0.1, 0.15) is 37.4 Å². The standard InChI is InChI=1S/C11H16N2O2/c1-6-3-4-9-8(5-12-13-9)10(6)7(2)11(14)15/h5-7,10H,3-4H2,1-2H3,(H,12,13)(H,14,15). The molecule has 0 amide bonds. The van der Waals surface area contributed by atoms with Gasteiger partial charge in [0.2, 0.25) is 0 Å². The summed E-state index contributed by atoms with van der Waals surface area (Å²) in [7, 11) is 0. The second-order valence-corrected chi connectivity index (χ2v) is 4.47. The van der Waals surface area contributed by atoms with Crippen LogP contribution < -0.4 is 0 Å². The van der Waals surface area contributed by atoms with Gasteiger partial charge in [-0.25, -0.2) is 0 Å². The SMILES string of the molecule is CC1CCc2[nH]ncc2C1C(C)C(=O)O. The normalized spacial score (nSPS) is 27.1. The van der Waals surface area contributed by atoms with Gasteiger partial charge in [0.25, 0.3) is 0 Å². The van der Waals surface area contributed by atoms with Gasteiger partial charge in [0.1, 0.15) is 0 Å².